The van der Waals surface area contributed by atoms with E-state index >= 15 is 0 Å². The fourth-order valence-electron chi connectivity index (χ4n) is 4.49. The first kappa shape index (κ1) is 20.3. The van der Waals surface area contributed by atoms with Crippen LogP contribution in [0.25, 0.3) is 5.65 Å². The number of halogens is 1. The van der Waals surface area contributed by atoms with Gasteiger partial charge in [-0.3, -0.25) is 14.0 Å². The number of alkyl halides is 1. The smallest absolute Gasteiger partial charge is 0.263 e. The summed E-state index contributed by atoms with van der Waals surface area (Å²) < 4.78 is 14.1. The van der Waals surface area contributed by atoms with E-state index in [0.29, 0.717) is 46.5 Å². The third-order valence-corrected chi connectivity index (χ3v) is 6.26. The highest BCUT2D eigenvalue weighted by atomic mass is 19.1. The van der Waals surface area contributed by atoms with Gasteiger partial charge < -0.3 is 15.1 Å². The molecule has 166 valence electrons. The number of hydrogen-bond donors (Lipinski definition) is 1. The molecule has 10 heteroatoms. The molecule has 32 heavy (non-hydrogen) atoms. The first-order valence-electron chi connectivity index (χ1n) is 10.7. The van der Waals surface area contributed by atoms with Crippen molar-refractivity contribution in [2.24, 2.45) is 0 Å². The quantitative estimate of drug-likeness (QED) is 0.668. The van der Waals surface area contributed by atoms with E-state index in [9.17, 15) is 14.0 Å². The highest BCUT2D eigenvalue weighted by Crippen LogP contribution is 2.34. The van der Waals surface area contributed by atoms with Gasteiger partial charge in [-0.25, -0.2) is 14.4 Å². The minimum Gasteiger partial charge on any atom is -0.352 e. The predicted octanol–water partition coefficient (Wildman–Crippen LogP) is 2.11. The minimum absolute atomic E-state index is 0.0719. The normalized spacial score (nSPS) is 18.0. The third-order valence-electron chi connectivity index (χ3n) is 6.26. The van der Waals surface area contributed by atoms with Gasteiger partial charge in [-0.2, -0.15) is 4.98 Å². The summed E-state index contributed by atoms with van der Waals surface area (Å²) in [5.41, 5.74) is 2.48. The second-order valence-electron chi connectivity index (χ2n) is 8.17. The highest BCUT2D eigenvalue weighted by molar-refractivity contribution is 6.11. The van der Waals surface area contributed by atoms with Gasteiger partial charge in [0, 0.05) is 49.3 Å². The summed E-state index contributed by atoms with van der Waals surface area (Å²) in [7, 11) is 0. The van der Waals surface area contributed by atoms with Crippen LogP contribution in [0.5, 0.6) is 0 Å². The SMILES string of the molecule is Cc1nc2c(N3C[C@@H]4CCCN4c4nc(NCCF)ncc4C3=O)cccn2c(=O)c1C. The number of rotatable bonds is 4. The Hall–Kier alpha value is -3.56. The molecule has 0 radical (unpaired) electrons. The molecule has 1 saturated heterocycles. The van der Waals surface area contributed by atoms with Gasteiger partial charge in [-0.1, -0.05) is 0 Å². The Morgan fingerprint density at radius 1 is 1.25 bits per heavy atom. The molecular weight excluding hydrogens is 413 g/mol. The van der Waals surface area contributed by atoms with Gasteiger partial charge >= 0.3 is 0 Å². The lowest BCUT2D eigenvalue weighted by Crippen LogP contribution is -2.40. The fourth-order valence-corrected chi connectivity index (χ4v) is 4.49. The van der Waals surface area contributed by atoms with Crippen molar-refractivity contribution in [1.82, 2.24) is 19.4 Å². The number of hydrogen-bond acceptors (Lipinski definition) is 7. The molecule has 0 aromatic carbocycles. The molecule has 1 fully saturated rings. The largest absolute Gasteiger partial charge is 0.352 e. The second-order valence-corrected chi connectivity index (χ2v) is 8.17. The number of amides is 1. The zero-order valence-corrected chi connectivity index (χ0v) is 18.0. The number of nitrogens with one attached hydrogen (secondary N) is 1. The van der Waals surface area contributed by atoms with E-state index in [-0.39, 0.29) is 24.1 Å². The molecule has 2 aliphatic heterocycles. The molecule has 0 saturated carbocycles. The van der Waals surface area contributed by atoms with Gasteiger partial charge in [0.25, 0.3) is 11.5 Å². The molecule has 0 bridgehead atoms. The van der Waals surface area contributed by atoms with Gasteiger partial charge in [0.05, 0.1) is 5.69 Å². The minimum atomic E-state index is -0.536. The lowest BCUT2D eigenvalue weighted by Gasteiger charge is -2.27. The molecule has 9 nitrogen and oxygen atoms in total. The van der Waals surface area contributed by atoms with Gasteiger partial charge in [0.15, 0.2) is 5.65 Å². The van der Waals surface area contributed by atoms with Crippen LogP contribution in [0.1, 0.15) is 34.5 Å². The Bertz CT molecular complexity index is 1280. The summed E-state index contributed by atoms with van der Waals surface area (Å²) in [5.74, 6) is 0.624. The summed E-state index contributed by atoms with van der Waals surface area (Å²) >= 11 is 0. The van der Waals surface area contributed by atoms with Crippen LogP contribution >= 0.6 is 0 Å². The number of aromatic nitrogens is 4. The van der Waals surface area contributed by atoms with E-state index in [2.05, 4.69) is 25.2 Å². The number of aryl methyl sites for hydroxylation is 1. The molecule has 0 spiro atoms. The maximum Gasteiger partial charge on any atom is 0.263 e. The van der Waals surface area contributed by atoms with Crippen molar-refractivity contribution in [3.63, 3.8) is 0 Å². The maximum atomic E-state index is 13.7. The second kappa shape index (κ2) is 7.85. The van der Waals surface area contributed by atoms with Crippen LogP contribution in [0.3, 0.4) is 0 Å². The molecule has 2 aliphatic rings. The van der Waals surface area contributed by atoms with Crippen LogP contribution in [0.15, 0.2) is 29.3 Å². The van der Waals surface area contributed by atoms with Crippen molar-refractivity contribution in [2.75, 3.05) is 41.4 Å². The Labute approximate surface area is 183 Å². The van der Waals surface area contributed by atoms with E-state index in [4.69, 9.17) is 0 Å². The third kappa shape index (κ3) is 3.17. The molecular formula is C22H24FN7O2. The van der Waals surface area contributed by atoms with Gasteiger partial charge in [0.2, 0.25) is 5.95 Å². The van der Waals surface area contributed by atoms with Crippen molar-refractivity contribution >= 4 is 29.0 Å². The highest BCUT2D eigenvalue weighted by Gasteiger charge is 2.38. The van der Waals surface area contributed by atoms with E-state index in [1.165, 1.54) is 10.6 Å². The van der Waals surface area contributed by atoms with Crippen molar-refractivity contribution in [3.8, 4) is 0 Å². The Balaban J connectivity index is 1.66. The number of anilines is 3. The molecule has 5 heterocycles. The summed E-state index contributed by atoms with van der Waals surface area (Å²) in [6.07, 6.45) is 5.06. The summed E-state index contributed by atoms with van der Waals surface area (Å²) in [6.45, 7) is 4.35. The van der Waals surface area contributed by atoms with E-state index in [1.54, 1.807) is 31.0 Å². The van der Waals surface area contributed by atoms with E-state index < -0.39 is 6.67 Å². The Kier molecular flexibility index (Phi) is 4.99. The van der Waals surface area contributed by atoms with Gasteiger partial charge in [-0.15, -0.1) is 0 Å². The number of carbonyl (C=O) groups excluding carboxylic acids is 1. The van der Waals surface area contributed by atoms with Crippen molar-refractivity contribution in [1.29, 1.82) is 0 Å². The average Bonchev–Trinajstić information content (AvgIpc) is 3.23. The maximum absolute atomic E-state index is 13.7. The first-order valence-corrected chi connectivity index (χ1v) is 10.7. The Morgan fingerprint density at radius 3 is 2.91 bits per heavy atom. The predicted molar refractivity (Wildman–Crippen MR) is 119 cm³/mol. The lowest BCUT2D eigenvalue weighted by atomic mass is 10.2. The fraction of sp³-hybridized carbons (Fsp3) is 0.409. The summed E-state index contributed by atoms with van der Waals surface area (Å²) in [4.78, 5) is 43.7. The van der Waals surface area contributed by atoms with Crippen LogP contribution in [0.2, 0.25) is 0 Å². The summed E-state index contributed by atoms with van der Waals surface area (Å²) in [6, 6.07) is 3.64. The molecule has 5 rings (SSSR count). The molecule has 1 amide bonds. The van der Waals surface area contributed by atoms with E-state index in [1.807, 2.05) is 6.07 Å². The van der Waals surface area contributed by atoms with Crippen molar-refractivity contribution < 1.29 is 9.18 Å². The molecule has 0 aliphatic carbocycles. The molecule has 1 atom stereocenters. The number of carbonyl (C=O) groups is 1. The van der Waals surface area contributed by atoms with Crippen LogP contribution in [-0.4, -0.2) is 57.6 Å². The molecule has 1 N–H and O–H groups in total. The Morgan fingerprint density at radius 2 is 2.09 bits per heavy atom. The monoisotopic (exact) mass is 437 g/mol. The number of fused-ring (bicyclic) bond motifs is 4. The lowest BCUT2D eigenvalue weighted by molar-refractivity contribution is 0.0988. The van der Waals surface area contributed by atoms with E-state index in [0.717, 1.165) is 19.4 Å². The zero-order valence-electron chi connectivity index (χ0n) is 18.0. The van der Waals surface area contributed by atoms with Crippen LogP contribution in [0.4, 0.5) is 21.8 Å². The molecule has 3 aromatic heterocycles. The molecule has 3 aromatic rings. The average molecular weight is 437 g/mol. The van der Waals surface area contributed by atoms with Crippen LogP contribution in [-0.2, 0) is 0 Å². The summed E-state index contributed by atoms with van der Waals surface area (Å²) in [5, 5.41) is 2.85. The van der Waals surface area contributed by atoms with Crippen LogP contribution in [0, 0.1) is 13.8 Å². The van der Waals surface area contributed by atoms with Crippen LogP contribution < -0.4 is 20.7 Å². The van der Waals surface area contributed by atoms with Crippen molar-refractivity contribution in [3.05, 3.63) is 51.7 Å². The van der Waals surface area contributed by atoms with Gasteiger partial charge in [-0.05, 0) is 38.8 Å². The number of pyridine rings is 1. The van der Waals surface area contributed by atoms with Gasteiger partial charge in [0.1, 0.15) is 18.1 Å². The number of nitrogens with zero attached hydrogens (tertiary/aromatic N) is 6. The molecule has 0 unspecified atom stereocenters. The standard InChI is InChI=1S/C22H24FN7O2/c1-13-14(2)26-19-17(6-4-10-29(19)20(13)31)30-12-15-5-3-9-28(15)18-16(21(30)32)11-25-22(27-18)24-8-7-23/h4,6,10-11,15H,3,5,7-9,12H2,1-2H3,(H,24,25,27)/t15-/m0/s1. The van der Waals surface area contributed by atoms with Crippen molar-refractivity contribution in [2.45, 2.75) is 32.7 Å². The first-order chi connectivity index (χ1) is 15.5. The topological polar surface area (TPSA) is 95.7 Å². The zero-order chi connectivity index (χ0) is 22.4.